The maximum atomic E-state index is 13.2. The fraction of sp³-hybridized carbons (Fsp3) is 0.143. The Morgan fingerprint density at radius 2 is 1.87 bits per heavy atom. The number of phenols is 1. The van der Waals surface area contributed by atoms with Crippen LogP contribution in [0.2, 0.25) is 0 Å². The predicted octanol–water partition coefficient (Wildman–Crippen LogP) is 4.45. The van der Waals surface area contributed by atoms with Gasteiger partial charge in [-0.15, -0.1) is 0 Å². The summed E-state index contributed by atoms with van der Waals surface area (Å²) in [4.78, 5) is 41.7. The number of carbonyl (C=O) groups is 2. The van der Waals surface area contributed by atoms with Gasteiger partial charge in [0.25, 0.3) is 17.4 Å². The van der Waals surface area contributed by atoms with Crippen molar-refractivity contribution in [3.05, 3.63) is 105 Å². The number of ether oxygens (including phenoxy) is 1. The van der Waals surface area contributed by atoms with Gasteiger partial charge in [-0.1, -0.05) is 24.3 Å². The molecule has 3 N–H and O–H groups in total. The summed E-state index contributed by atoms with van der Waals surface area (Å²) >= 11 is 0. The van der Waals surface area contributed by atoms with Gasteiger partial charge >= 0.3 is 0 Å². The van der Waals surface area contributed by atoms with Gasteiger partial charge in [0, 0.05) is 41.3 Å². The number of methoxy groups -OCH3 is 1. The molecule has 0 bridgehead atoms. The molecule has 1 fully saturated rings. The number of ketones is 1. The molecule has 1 unspecified atom stereocenters. The lowest BCUT2D eigenvalue weighted by atomic mass is 9.95. The number of aliphatic hydroxyl groups is 1. The molecular weight excluding hydrogens is 490 g/mol. The van der Waals surface area contributed by atoms with E-state index in [-0.39, 0.29) is 29.1 Å². The molecule has 10 heteroatoms. The van der Waals surface area contributed by atoms with Gasteiger partial charge in [-0.25, -0.2) is 0 Å². The zero-order valence-corrected chi connectivity index (χ0v) is 20.2. The number of fused-ring (bicyclic) bond motifs is 1. The number of benzene rings is 3. The third-order valence-corrected chi connectivity index (χ3v) is 6.68. The fourth-order valence-corrected chi connectivity index (χ4v) is 4.77. The number of rotatable bonds is 7. The van der Waals surface area contributed by atoms with Crippen molar-refractivity contribution in [3.63, 3.8) is 0 Å². The number of nitrogens with one attached hydrogen (secondary N) is 1. The van der Waals surface area contributed by atoms with E-state index in [1.165, 1.54) is 35.2 Å². The van der Waals surface area contributed by atoms with Crippen LogP contribution in [-0.2, 0) is 16.0 Å². The molecule has 1 saturated heterocycles. The van der Waals surface area contributed by atoms with Crippen LogP contribution in [0.25, 0.3) is 16.7 Å². The molecule has 192 valence electrons. The van der Waals surface area contributed by atoms with Crippen LogP contribution in [0.4, 0.5) is 5.69 Å². The Kier molecular flexibility index (Phi) is 6.29. The summed E-state index contributed by atoms with van der Waals surface area (Å²) in [6.07, 6.45) is 2.23. The number of H-pyrrole nitrogens is 1. The molecule has 5 rings (SSSR count). The molecule has 0 spiro atoms. The lowest BCUT2D eigenvalue weighted by Gasteiger charge is -2.25. The third kappa shape index (κ3) is 4.32. The minimum absolute atomic E-state index is 0.00266. The van der Waals surface area contributed by atoms with Crippen molar-refractivity contribution in [2.75, 3.05) is 13.7 Å². The molecule has 4 aromatic rings. The van der Waals surface area contributed by atoms with Crippen molar-refractivity contribution in [1.82, 2.24) is 9.88 Å². The van der Waals surface area contributed by atoms with Crippen LogP contribution >= 0.6 is 0 Å². The molecule has 1 aliphatic rings. The highest BCUT2D eigenvalue weighted by atomic mass is 16.6. The van der Waals surface area contributed by atoms with Gasteiger partial charge in [0.1, 0.15) is 17.3 Å². The van der Waals surface area contributed by atoms with E-state index in [0.717, 1.165) is 22.5 Å². The highest BCUT2D eigenvalue weighted by Crippen LogP contribution is 2.40. The summed E-state index contributed by atoms with van der Waals surface area (Å²) in [7, 11) is 1.58. The number of aliphatic hydroxyl groups excluding tert-OH is 1. The first-order valence-electron chi connectivity index (χ1n) is 11.7. The highest BCUT2D eigenvalue weighted by molar-refractivity contribution is 6.46. The van der Waals surface area contributed by atoms with Gasteiger partial charge in [0.15, 0.2) is 0 Å². The van der Waals surface area contributed by atoms with E-state index in [1.807, 2.05) is 24.4 Å². The average molecular weight is 514 g/mol. The van der Waals surface area contributed by atoms with Crippen LogP contribution < -0.4 is 4.74 Å². The maximum absolute atomic E-state index is 13.2. The number of nitro benzene ring substituents is 1. The number of Topliss-reactive ketones (excluding diaryl/α,β-unsaturated/α-hetero) is 1. The maximum Gasteiger partial charge on any atom is 0.295 e. The Labute approximate surface area is 216 Å². The molecule has 0 saturated carbocycles. The number of phenolic OH excluding ortho intramolecular Hbond substituents is 1. The van der Waals surface area contributed by atoms with E-state index in [9.17, 15) is 29.9 Å². The molecular formula is C28H23N3O7. The van der Waals surface area contributed by atoms with Crippen molar-refractivity contribution >= 4 is 34.0 Å². The quantitative estimate of drug-likeness (QED) is 0.109. The van der Waals surface area contributed by atoms with Gasteiger partial charge < -0.3 is 24.8 Å². The second-order valence-electron chi connectivity index (χ2n) is 8.87. The Balaban J connectivity index is 1.56. The van der Waals surface area contributed by atoms with Crippen molar-refractivity contribution < 1.29 is 29.5 Å². The molecule has 3 aromatic carbocycles. The number of amides is 1. The number of carbonyl (C=O) groups excluding carboxylic acids is 2. The number of aromatic amines is 1. The lowest BCUT2D eigenvalue weighted by molar-refractivity contribution is -0.384. The van der Waals surface area contributed by atoms with Crippen molar-refractivity contribution in [2.24, 2.45) is 0 Å². The number of aromatic hydroxyl groups is 1. The molecule has 10 nitrogen and oxygen atoms in total. The van der Waals surface area contributed by atoms with Gasteiger partial charge in [0.05, 0.1) is 23.6 Å². The highest BCUT2D eigenvalue weighted by Gasteiger charge is 2.46. The smallest absolute Gasteiger partial charge is 0.295 e. The van der Waals surface area contributed by atoms with Gasteiger partial charge in [-0.05, 0) is 47.9 Å². The molecule has 38 heavy (non-hydrogen) atoms. The standard InChI is InChI=1S/C28H23N3O7/c1-38-21-9-10-23-22(14-21)18(15-29-23)11-12-30-25(16-5-7-20(32)8-6-16)24(27(34)28(30)35)26(33)17-3-2-4-19(13-17)31(36)37/h2-10,13-15,25,29,32-33H,11-12H2,1H3/b26-24-. The van der Waals surface area contributed by atoms with Crippen molar-refractivity contribution in [1.29, 1.82) is 0 Å². The van der Waals surface area contributed by atoms with Crippen LogP contribution in [0.5, 0.6) is 11.5 Å². The van der Waals surface area contributed by atoms with E-state index in [0.29, 0.717) is 17.7 Å². The van der Waals surface area contributed by atoms with E-state index in [2.05, 4.69) is 4.98 Å². The van der Waals surface area contributed by atoms with Crippen LogP contribution in [-0.4, -0.2) is 50.4 Å². The second-order valence-corrected chi connectivity index (χ2v) is 8.87. The summed E-state index contributed by atoms with van der Waals surface area (Å²) in [6.45, 7) is 0.145. The number of likely N-dealkylation sites (tertiary alicyclic amines) is 1. The zero-order valence-electron chi connectivity index (χ0n) is 20.2. The molecule has 1 amide bonds. The van der Waals surface area contributed by atoms with E-state index in [1.54, 1.807) is 19.2 Å². The van der Waals surface area contributed by atoms with Gasteiger partial charge in [-0.3, -0.25) is 19.7 Å². The summed E-state index contributed by atoms with van der Waals surface area (Å²) in [6, 6.07) is 15.9. The topological polar surface area (TPSA) is 146 Å². The summed E-state index contributed by atoms with van der Waals surface area (Å²) in [5.41, 5.74) is 1.90. The zero-order chi connectivity index (χ0) is 27.0. The Morgan fingerprint density at radius 1 is 1.11 bits per heavy atom. The van der Waals surface area contributed by atoms with Crippen molar-refractivity contribution in [3.8, 4) is 11.5 Å². The number of hydrogen-bond donors (Lipinski definition) is 3. The summed E-state index contributed by atoms with van der Waals surface area (Å²) < 4.78 is 5.33. The average Bonchev–Trinajstić information content (AvgIpc) is 3.44. The van der Waals surface area contributed by atoms with E-state index >= 15 is 0 Å². The largest absolute Gasteiger partial charge is 0.508 e. The second kappa shape index (κ2) is 9.74. The number of non-ortho nitro benzene ring substituents is 1. The Morgan fingerprint density at radius 3 is 2.58 bits per heavy atom. The number of hydrogen-bond acceptors (Lipinski definition) is 7. The number of nitro groups is 1. The number of aromatic nitrogens is 1. The number of nitrogens with zero attached hydrogens (tertiary/aromatic N) is 2. The van der Waals surface area contributed by atoms with Crippen LogP contribution in [0, 0.1) is 10.1 Å². The minimum atomic E-state index is -0.963. The lowest BCUT2D eigenvalue weighted by Crippen LogP contribution is -2.31. The van der Waals surface area contributed by atoms with Crippen LogP contribution in [0.1, 0.15) is 22.7 Å². The molecule has 1 aromatic heterocycles. The van der Waals surface area contributed by atoms with Crippen LogP contribution in [0.3, 0.4) is 0 Å². The Bertz CT molecular complexity index is 1600. The van der Waals surface area contributed by atoms with E-state index < -0.39 is 28.4 Å². The molecule has 0 aliphatic carbocycles. The first-order valence-corrected chi connectivity index (χ1v) is 11.7. The normalized spacial score (nSPS) is 16.8. The van der Waals surface area contributed by atoms with Gasteiger partial charge in [0.2, 0.25) is 0 Å². The van der Waals surface area contributed by atoms with Crippen LogP contribution in [0.15, 0.2) is 78.5 Å². The predicted molar refractivity (Wildman–Crippen MR) is 139 cm³/mol. The first-order chi connectivity index (χ1) is 18.3. The molecule has 0 radical (unpaired) electrons. The monoisotopic (exact) mass is 513 g/mol. The SMILES string of the molecule is COc1ccc2[nH]cc(CCN3C(=O)C(=O)/C(=C(\O)c4cccc([N+](=O)[O-])c4)C3c3ccc(O)cc3)c2c1. The van der Waals surface area contributed by atoms with E-state index in [4.69, 9.17) is 4.74 Å². The van der Waals surface area contributed by atoms with Crippen molar-refractivity contribution in [2.45, 2.75) is 12.5 Å². The third-order valence-electron chi connectivity index (χ3n) is 6.68. The Hall–Kier alpha value is -5.12. The molecule has 1 aliphatic heterocycles. The molecule has 2 heterocycles. The summed E-state index contributed by atoms with van der Waals surface area (Å²) in [5.74, 6) is -1.53. The molecule has 1 atom stereocenters. The first kappa shape index (κ1) is 24.6. The minimum Gasteiger partial charge on any atom is -0.508 e. The fourth-order valence-electron chi connectivity index (χ4n) is 4.77. The van der Waals surface area contributed by atoms with Gasteiger partial charge in [-0.2, -0.15) is 0 Å². The summed E-state index contributed by atoms with van der Waals surface area (Å²) in [5, 5.41) is 33.1.